The molecule has 0 radical (unpaired) electrons. The van der Waals surface area contributed by atoms with Crippen LogP contribution in [0, 0.1) is 19.8 Å². The molecule has 1 unspecified atom stereocenters. The largest absolute Gasteiger partial charge is 0.356 e. The minimum atomic E-state index is -0.640. The Labute approximate surface area is 179 Å². The van der Waals surface area contributed by atoms with Crippen molar-refractivity contribution in [1.82, 2.24) is 10.3 Å². The summed E-state index contributed by atoms with van der Waals surface area (Å²) in [4.78, 5) is 32.6. The van der Waals surface area contributed by atoms with Gasteiger partial charge in [0.25, 0.3) is 5.91 Å². The number of rotatable bonds is 6. The zero-order valence-electron chi connectivity index (χ0n) is 18.4. The third-order valence-electron chi connectivity index (χ3n) is 5.60. The van der Waals surface area contributed by atoms with Gasteiger partial charge in [0, 0.05) is 18.7 Å². The van der Waals surface area contributed by atoms with Crippen LogP contribution in [0.25, 0.3) is 0 Å². The van der Waals surface area contributed by atoms with Gasteiger partial charge in [0.05, 0.1) is 11.9 Å². The van der Waals surface area contributed by atoms with Crippen LogP contribution in [0.4, 0.5) is 11.5 Å². The summed E-state index contributed by atoms with van der Waals surface area (Å²) in [6, 6.07) is 8.69. The van der Waals surface area contributed by atoms with Gasteiger partial charge in [-0.05, 0) is 62.3 Å². The van der Waals surface area contributed by atoms with Crippen LogP contribution in [-0.2, 0) is 4.79 Å². The normalized spacial score (nSPS) is 15.0. The van der Waals surface area contributed by atoms with Gasteiger partial charge in [0.1, 0.15) is 11.9 Å². The molecular formula is C24H32N4O2. The minimum Gasteiger partial charge on any atom is -0.356 e. The molecule has 30 heavy (non-hydrogen) atoms. The number of hydrogen-bond donors (Lipinski definition) is 2. The monoisotopic (exact) mass is 408 g/mol. The van der Waals surface area contributed by atoms with Crippen molar-refractivity contribution in [2.45, 2.75) is 53.0 Å². The number of amides is 2. The first-order chi connectivity index (χ1) is 14.4. The van der Waals surface area contributed by atoms with E-state index in [1.165, 1.54) is 19.3 Å². The van der Waals surface area contributed by atoms with Gasteiger partial charge in [-0.1, -0.05) is 32.0 Å². The van der Waals surface area contributed by atoms with Crippen LogP contribution in [0.5, 0.6) is 0 Å². The second-order valence-electron chi connectivity index (χ2n) is 8.41. The number of carbonyl (C=O) groups excluding carboxylic acids is 2. The topological polar surface area (TPSA) is 74.3 Å². The Balaban J connectivity index is 1.69. The molecule has 1 aromatic carbocycles. The van der Waals surface area contributed by atoms with Gasteiger partial charge < -0.3 is 15.5 Å². The molecule has 2 heterocycles. The van der Waals surface area contributed by atoms with E-state index in [4.69, 9.17) is 0 Å². The number of hydrogen-bond acceptors (Lipinski definition) is 4. The predicted molar refractivity (Wildman–Crippen MR) is 121 cm³/mol. The Morgan fingerprint density at radius 3 is 2.37 bits per heavy atom. The summed E-state index contributed by atoms with van der Waals surface area (Å²) < 4.78 is 0. The van der Waals surface area contributed by atoms with Gasteiger partial charge in [-0.25, -0.2) is 4.98 Å². The Bertz CT molecular complexity index is 904. The van der Waals surface area contributed by atoms with Crippen molar-refractivity contribution in [2.75, 3.05) is 23.3 Å². The number of nitrogens with zero attached hydrogens (tertiary/aromatic N) is 2. The summed E-state index contributed by atoms with van der Waals surface area (Å²) in [5.74, 6) is 0.455. The van der Waals surface area contributed by atoms with Crippen LogP contribution in [0.3, 0.4) is 0 Å². The number of benzene rings is 1. The van der Waals surface area contributed by atoms with E-state index >= 15 is 0 Å². The molecule has 2 amide bonds. The SMILES string of the molecule is Cc1ccccc1C(=O)NC(C(=O)Nc1cnc(N2CCCCC2)c(C)c1)C(C)C. The zero-order valence-corrected chi connectivity index (χ0v) is 18.4. The number of anilines is 2. The molecule has 6 nitrogen and oxygen atoms in total. The van der Waals surface area contributed by atoms with E-state index in [0.29, 0.717) is 11.3 Å². The van der Waals surface area contributed by atoms with E-state index < -0.39 is 6.04 Å². The third kappa shape index (κ3) is 5.17. The fourth-order valence-electron chi connectivity index (χ4n) is 3.87. The van der Waals surface area contributed by atoms with E-state index in [0.717, 1.165) is 30.0 Å². The number of piperidine rings is 1. The molecule has 0 saturated carbocycles. The van der Waals surface area contributed by atoms with Gasteiger partial charge in [-0.2, -0.15) is 0 Å². The molecule has 1 aromatic heterocycles. The highest BCUT2D eigenvalue weighted by Gasteiger charge is 2.25. The van der Waals surface area contributed by atoms with Crippen molar-refractivity contribution in [3.63, 3.8) is 0 Å². The Hall–Kier alpha value is -2.89. The molecule has 1 fully saturated rings. The molecule has 2 N–H and O–H groups in total. The van der Waals surface area contributed by atoms with Gasteiger partial charge in [0.2, 0.25) is 5.91 Å². The molecule has 0 spiro atoms. The third-order valence-corrected chi connectivity index (χ3v) is 5.60. The minimum absolute atomic E-state index is 0.0559. The summed E-state index contributed by atoms with van der Waals surface area (Å²) in [5, 5.41) is 5.82. The quantitative estimate of drug-likeness (QED) is 0.755. The van der Waals surface area contributed by atoms with Crippen molar-refractivity contribution in [2.24, 2.45) is 5.92 Å². The molecule has 6 heteroatoms. The second-order valence-corrected chi connectivity index (χ2v) is 8.41. The number of carbonyl (C=O) groups is 2. The first-order valence-corrected chi connectivity index (χ1v) is 10.8. The summed E-state index contributed by atoms with van der Waals surface area (Å²) in [7, 11) is 0. The lowest BCUT2D eigenvalue weighted by Crippen LogP contribution is -2.47. The van der Waals surface area contributed by atoms with Crippen molar-refractivity contribution in [3.8, 4) is 0 Å². The van der Waals surface area contributed by atoms with Crippen molar-refractivity contribution in [3.05, 3.63) is 53.2 Å². The lowest BCUT2D eigenvalue weighted by molar-refractivity contribution is -0.118. The van der Waals surface area contributed by atoms with Crippen molar-refractivity contribution < 1.29 is 9.59 Å². The molecule has 0 aliphatic carbocycles. The first kappa shape index (κ1) is 21.8. The first-order valence-electron chi connectivity index (χ1n) is 10.8. The number of pyridine rings is 1. The molecule has 2 aromatic rings. The van der Waals surface area contributed by atoms with Crippen LogP contribution in [0.2, 0.25) is 0 Å². The maximum atomic E-state index is 12.9. The van der Waals surface area contributed by atoms with Gasteiger partial charge >= 0.3 is 0 Å². The molecule has 1 saturated heterocycles. The highest BCUT2D eigenvalue weighted by molar-refractivity contribution is 6.01. The molecule has 1 aliphatic heterocycles. The summed E-state index contributed by atoms with van der Waals surface area (Å²) in [6.45, 7) is 9.81. The maximum absolute atomic E-state index is 12.9. The fraction of sp³-hybridized carbons (Fsp3) is 0.458. The van der Waals surface area contributed by atoms with Crippen LogP contribution in [0.15, 0.2) is 36.5 Å². The number of aryl methyl sites for hydroxylation is 2. The predicted octanol–water partition coefficient (Wildman–Crippen LogP) is 4.08. The van der Waals surface area contributed by atoms with Crippen molar-refractivity contribution >= 4 is 23.3 Å². The van der Waals surface area contributed by atoms with E-state index in [9.17, 15) is 9.59 Å². The second kappa shape index (κ2) is 9.74. The lowest BCUT2D eigenvalue weighted by atomic mass is 10.0. The van der Waals surface area contributed by atoms with Gasteiger partial charge in [-0.3, -0.25) is 9.59 Å². The summed E-state index contributed by atoms with van der Waals surface area (Å²) in [5.41, 5.74) is 3.15. The molecule has 1 aliphatic rings. The number of nitrogens with one attached hydrogen (secondary N) is 2. The summed E-state index contributed by atoms with van der Waals surface area (Å²) in [6.07, 6.45) is 5.36. The Morgan fingerprint density at radius 2 is 1.73 bits per heavy atom. The van der Waals surface area contributed by atoms with Crippen molar-refractivity contribution in [1.29, 1.82) is 0 Å². The maximum Gasteiger partial charge on any atom is 0.252 e. The summed E-state index contributed by atoms with van der Waals surface area (Å²) >= 11 is 0. The Kier molecular flexibility index (Phi) is 7.08. The molecule has 0 bridgehead atoms. The Morgan fingerprint density at radius 1 is 1.03 bits per heavy atom. The average Bonchev–Trinajstić information content (AvgIpc) is 2.72. The van der Waals surface area contributed by atoms with Crippen LogP contribution >= 0.6 is 0 Å². The van der Waals surface area contributed by atoms with Gasteiger partial charge in [-0.15, -0.1) is 0 Å². The molecular weight excluding hydrogens is 376 g/mol. The van der Waals surface area contributed by atoms with E-state index in [-0.39, 0.29) is 17.7 Å². The molecule has 160 valence electrons. The lowest BCUT2D eigenvalue weighted by Gasteiger charge is -2.29. The van der Waals surface area contributed by atoms with Crippen LogP contribution < -0.4 is 15.5 Å². The number of aromatic nitrogens is 1. The highest BCUT2D eigenvalue weighted by atomic mass is 16.2. The fourth-order valence-corrected chi connectivity index (χ4v) is 3.87. The molecule has 3 rings (SSSR count). The van der Waals surface area contributed by atoms with Gasteiger partial charge in [0.15, 0.2) is 0 Å². The smallest absolute Gasteiger partial charge is 0.252 e. The van der Waals surface area contributed by atoms with Crippen LogP contribution in [0.1, 0.15) is 54.6 Å². The van der Waals surface area contributed by atoms with E-state index in [1.807, 2.05) is 52.0 Å². The average molecular weight is 409 g/mol. The van der Waals surface area contributed by atoms with Crippen LogP contribution in [-0.4, -0.2) is 35.9 Å². The van der Waals surface area contributed by atoms with E-state index in [2.05, 4.69) is 20.5 Å². The molecule has 1 atom stereocenters. The van der Waals surface area contributed by atoms with E-state index in [1.54, 1.807) is 12.3 Å². The highest BCUT2D eigenvalue weighted by Crippen LogP contribution is 2.24. The zero-order chi connectivity index (χ0) is 21.7. The standard InChI is InChI=1S/C24H32N4O2/c1-16(2)21(27-23(29)20-11-7-6-10-17(20)3)24(30)26-19-14-18(4)22(25-15-19)28-12-8-5-9-13-28/h6-7,10-11,14-16,21H,5,8-9,12-13H2,1-4H3,(H,26,30)(H,27,29).